The molecule has 1 heterocycles. The summed E-state index contributed by atoms with van der Waals surface area (Å²) in [6, 6.07) is 6.15. The van der Waals surface area contributed by atoms with Crippen LogP contribution in [0.3, 0.4) is 0 Å². The Labute approximate surface area is 167 Å². The maximum atomic E-state index is 5.43. The number of ether oxygens (including phenoxy) is 2. The minimum absolute atomic E-state index is 0. The number of rotatable bonds is 6. The summed E-state index contributed by atoms with van der Waals surface area (Å²) in [6.45, 7) is 2.26. The molecule has 4 rings (SSSR count). The Morgan fingerprint density at radius 3 is 2.68 bits per heavy atom. The highest BCUT2D eigenvalue weighted by Gasteiger charge is 2.48. The summed E-state index contributed by atoms with van der Waals surface area (Å²) in [6.07, 6.45) is 7.97. The second-order valence-electron chi connectivity index (χ2n) is 7.28. The van der Waals surface area contributed by atoms with Crippen LogP contribution in [-0.4, -0.2) is 32.9 Å². The van der Waals surface area contributed by atoms with Crippen molar-refractivity contribution in [2.75, 3.05) is 26.9 Å². The smallest absolute Gasteiger partial charge is 0.231 e. The lowest BCUT2D eigenvalue weighted by molar-refractivity contribution is 0.106. The molecule has 3 aliphatic rings. The molecule has 138 valence electrons. The van der Waals surface area contributed by atoms with E-state index in [9.17, 15) is 0 Å². The monoisotopic (exact) mass is 457 g/mol. The van der Waals surface area contributed by atoms with Gasteiger partial charge in [0, 0.05) is 20.1 Å². The third-order valence-electron chi connectivity index (χ3n) is 5.77. The number of nitrogens with one attached hydrogen (secondary N) is 2. The Bertz CT molecular complexity index is 627. The Hall–Kier alpha value is -1.18. The maximum Gasteiger partial charge on any atom is 0.231 e. The van der Waals surface area contributed by atoms with Gasteiger partial charge in [-0.2, -0.15) is 0 Å². The summed E-state index contributed by atoms with van der Waals surface area (Å²) >= 11 is 0. The van der Waals surface area contributed by atoms with Crippen LogP contribution in [0.15, 0.2) is 23.2 Å². The van der Waals surface area contributed by atoms with E-state index in [0.717, 1.165) is 42.9 Å². The van der Waals surface area contributed by atoms with Crippen LogP contribution in [0.25, 0.3) is 0 Å². The highest BCUT2D eigenvalue weighted by molar-refractivity contribution is 14.0. The number of guanidine groups is 1. The molecule has 2 fully saturated rings. The van der Waals surface area contributed by atoms with E-state index >= 15 is 0 Å². The maximum absolute atomic E-state index is 5.43. The second kappa shape index (κ2) is 8.01. The SMILES string of the molecule is CN=C(NCCc1ccc2c(c1)OCO2)NCC1(C2CC2)CCC1.I. The first-order valence-corrected chi connectivity index (χ1v) is 9.12. The fraction of sp³-hybridized carbons (Fsp3) is 0.632. The molecule has 1 aromatic carbocycles. The Kier molecular flexibility index (Phi) is 5.96. The molecule has 0 spiro atoms. The van der Waals surface area contributed by atoms with E-state index in [1.807, 2.05) is 13.1 Å². The van der Waals surface area contributed by atoms with Gasteiger partial charge in [-0.1, -0.05) is 12.5 Å². The van der Waals surface area contributed by atoms with Crippen LogP contribution in [0.1, 0.15) is 37.7 Å². The van der Waals surface area contributed by atoms with E-state index in [2.05, 4.69) is 27.8 Å². The van der Waals surface area contributed by atoms with Gasteiger partial charge in [0.15, 0.2) is 17.5 Å². The van der Waals surface area contributed by atoms with Gasteiger partial charge in [0.1, 0.15) is 0 Å². The highest BCUT2D eigenvalue weighted by Crippen LogP contribution is 2.56. The van der Waals surface area contributed by atoms with Gasteiger partial charge in [-0.3, -0.25) is 4.99 Å². The van der Waals surface area contributed by atoms with Crippen LogP contribution in [0.5, 0.6) is 11.5 Å². The van der Waals surface area contributed by atoms with Gasteiger partial charge in [0.2, 0.25) is 6.79 Å². The van der Waals surface area contributed by atoms with Gasteiger partial charge >= 0.3 is 0 Å². The van der Waals surface area contributed by atoms with E-state index in [-0.39, 0.29) is 24.0 Å². The fourth-order valence-corrected chi connectivity index (χ4v) is 3.96. The lowest BCUT2D eigenvalue weighted by Crippen LogP contribution is -2.47. The van der Waals surface area contributed by atoms with Crippen molar-refractivity contribution in [3.8, 4) is 11.5 Å². The lowest BCUT2D eigenvalue weighted by Gasteiger charge is -2.43. The summed E-state index contributed by atoms with van der Waals surface area (Å²) in [5.41, 5.74) is 1.81. The molecule has 2 aliphatic carbocycles. The highest BCUT2D eigenvalue weighted by atomic mass is 127. The molecule has 0 atom stereocenters. The first kappa shape index (κ1) is 18.6. The van der Waals surface area contributed by atoms with Gasteiger partial charge in [-0.15, -0.1) is 24.0 Å². The number of hydrogen-bond donors (Lipinski definition) is 2. The van der Waals surface area contributed by atoms with Crippen molar-refractivity contribution in [1.29, 1.82) is 0 Å². The molecule has 25 heavy (non-hydrogen) atoms. The molecule has 0 radical (unpaired) electrons. The topological polar surface area (TPSA) is 54.9 Å². The average Bonchev–Trinajstić information content (AvgIpc) is 3.29. The number of halogens is 1. The predicted octanol–water partition coefficient (Wildman–Crippen LogP) is 3.32. The quantitative estimate of drug-likeness (QED) is 0.391. The molecular weight excluding hydrogens is 429 g/mol. The third kappa shape index (κ3) is 4.15. The lowest BCUT2D eigenvalue weighted by atomic mass is 9.65. The van der Waals surface area contributed by atoms with E-state index in [4.69, 9.17) is 9.47 Å². The Morgan fingerprint density at radius 1 is 1.20 bits per heavy atom. The Morgan fingerprint density at radius 2 is 2.00 bits per heavy atom. The van der Waals surface area contributed by atoms with Crippen molar-refractivity contribution < 1.29 is 9.47 Å². The van der Waals surface area contributed by atoms with Gasteiger partial charge in [0.05, 0.1) is 0 Å². The van der Waals surface area contributed by atoms with Crippen LogP contribution in [0.4, 0.5) is 0 Å². The van der Waals surface area contributed by atoms with Crippen molar-refractivity contribution in [2.45, 2.75) is 38.5 Å². The zero-order valence-electron chi connectivity index (χ0n) is 14.8. The van der Waals surface area contributed by atoms with Crippen LogP contribution in [0.2, 0.25) is 0 Å². The molecule has 6 heteroatoms. The summed E-state index contributed by atoms with van der Waals surface area (Å²) in [5.74, 6) is 3.58. The minimum Gasteiger partial charge on any atom is -0.454 e. The summed E-state index contributed by atoms with van der Waals surface area (Å²) in [5, 5.41) is 6.99. The van der Waals surface area contributed by atoms with E-state index in [0.29, 0.717) is 12.2 Å². The van der Waals surface area contributed by atoms with Crippen LogP contribution >= 0.6 is 24.0 Å². The fourth-order valence-electron chi connectivity index (χ4n) is 3.96. The zero-order chi connectivity index (χ0) is 16.4. The van der Waals surface area contributed by atoms with Crippen LogP contribution in [0, 0.1) is 11.3 Å². The van der Waals surface area contributed by atoms with E-state index < -0.39 is 0 Å². The average molecular weight is 457 g/mol. The van der Waals surface area contributed by atoms with Crippen molar-refractivity contribution in [1.82, 2.24) is 10.6 Å². The predicted molar refractivity (Wildman–Crippen MR) is 110 cm³/mol. The molecule has 1 aliphatic heterocycles. The summed E-state index contributed by atoms with van der Waals surface area (Å²) < 4.78 is 10.8. The number of fused-ring (bicyclic) bond motifs is 1. The number of hydrogen-bond acceptors (Lipinski definition) is 3. The van der Waals surface area contributed by atoms with Crippen LogP contribution in [-0.2, 0) is 6.42 Å². The number of aliphatic imine (C=N–C) groups is 1. The van der Waals surface area contributed by atoms with Crippen molar-refractivity contribution in [3.05, 3.63) is 23.8 Å². The first-order valence-electron chi connectivity index (χ1n) is 9.12. The molecule has 0 aromatic heterocycles. The number of nitrogens with zero attached hydrogens (tertiary/aromatic N) is 1. The Balaban J connectivity index is 0.00000182. The van der Waals surface area contributed by atoms with Gasteiger partial charge < -0.3 is 20.1 Å². The standard InChI is InChI=1S/C19H27N3O2.HI/c1-20-18(22-12-19(8-2-9-19)15-4-5-15)21-10-7-14-3-6-16-17(11-14)24-13-23-16;/h3,6,11,15H,2,4-5,7-10,12-13H2,1H3,(H2,20,21,22);1H. The summed E-state index contributed by atoms with van der Waals surface area (Å²) in [4.78, 5) is 4.37. The van der Waals surface area contributed by atoms with Crippen LogP contribution < -0.4 is 20.1 Å². The van der Waals surface area contributed by atoms with Crippen molar-refractivity contribution >= 4 is 29.9 Å². The van der Waals surface area contributed by atoms with E-state index in [1.54, 1.807) is 0 Å². The van der Waals surface area contributed by atoms with Crippen molar-refractivity contribution in [2.24, 2.45) is 16.3 Å². The molecule has 0 bridgehead atoms. The number of benzene rings is 1. The first-order chi connectivity index (χ1) is 11.8. The second-order valence-corrected chi connectivity index (χ2v) is 7.28. The zero-order valence-corrected chi connectivity index (χ0v) is 17.2. The van der Waals surface area contributed by atoms with E-state index in [1.165, 1.54) is 37.7 Å². The normalized spacial score (nSPS) is 20.4. The molecule has 0 saturated heterocycles. The molecule has 0 amide bonds. The van der Waals surface area contributed by atoms with Gasteiger partial charge in [0.25, 0.3) is 0 Å². The van der Waals surface area contributed by atoms with Crippen molar-refractivity contribution in [3.63, 3.8) is 0 Å². The molecule has 0 unspecified atom stereocenters. The molecular formula is C19H28IN3O2. The minimum atomic E-state index is 0. The van der Waals surface area contributed by atoms with Gasteiger partial charge in [-0.05, 0) is 61.1 Å². The van der Waals surface area contributed by atoms with Gasteiger partial charge in [-0.25, -0.2) is 0 Å². The largest absolute Gasteiger partial charge is 0.454 e. The third-order valence-corrected chi connectivity index (χ3v) is 5.77. The molecule has 5 nitrogen and oxygen atoms in total. The molecule has 1 aromatic rings. The molecule has 2 saturated carbocycles. The summed E-state index contributed by atoms with van der Waals surface area (Å²) in [7, 11) is 1.85. The molecule has 2 N–H and O–H groups in total.